The van der Waals surface area contributed by atoms with Crippen LogP contribution in [0.25, 0.3) is 22.6 Å². The van der Waals surface area contributed by atoms with Crippen molar-refractivity contribution < 1.29 is 4.39 Å². The summed E-state index contributed by atoms with van der Waals surface area (Å²) in [5.41, 5.74) is 3.10. The van der Waals surface area contributed by atoms with Gasteiger partial charge in [-0.3, -0.25) is 9.69 Å². The summed E-state index contributed by atoms with van der Waals surface area (Å²) < 4.78 is 13.2. The molecule has 0 spiro atoms. The highest BCUT2D eigenvalue weighted by Gasteiger charge is 2.12. The lowest BCUT2D eigenvalue weighted by Gasteiger charge is -2.26. The number of nitrogens with zero attached hydrogens (tertiary/aromatic N) is 2. The van der Waals surface area contributed by atoms with Gasteiger partial charge in [-0.1, -0.05) is 18.2 Å². The van der Waals surface area contributed by atoms with Gasteiger partial charge in [0, 0.05) is 48.3 Å². The number of nitrogens with one attached hydrogen (secondary N) is 1. The van der Waals surface area contributed by atoms with Crippen LogP contribution < -0.4 is 5.56 Å². The second kappa shape index (κ2) is 8.06. The van der Waals surface area contributed by atoms with Crippen molar-refractivity contribution in [2.45, 2.75) is 6.54 Å². The molecule has 3 aromatic rings. The topological polar surface area (TPSA) is 49.0 Å². The summed E-state index contributed by atoms with van der Waals surface area (Å²) >= 11 is 2.00. The molecule has 1 aromatic heterocycles. The number of hydrogen-bond acceptors (Lipinski definition) is 4. The number of aromatic nitrogens is 2. The van der Waals surface area contributed by atoms with Crippen LogP contribution in [-0.4, -0.2) is 39.5 Å². The van der Waals surface area contributed by atoms with Crippen LogP contribution in [0.1, 0.15) is 5.56 Å². The van der Waals surface area contributed by atoms with E-state index in [-0.39, 0.29) is 11.4 Å². The molecule has 0 bridgehead atoms. The molecule has 27 heavy (non-hydrogen) atoms. The van der Waals surface area contributed by atoms with Crippen molar-refractivity contribution in [2.75, 3.05) is 24.6 Å². The van der Waals surface area contributed by atoms with Gasteiger partial charge in [-0.25, -0.2) is 9.37 Å². The summed E-state index contributed by atoms with van der Waals surface area (Å²) in [6, 6.07) is 15.6. The molecule has 4 rings (SSSR count). The molecule has 0 amide bonds. The van der Waals surface area contributed by atoms with Crippen molar-refractivity contribution in [3.05, 3.63) is 76.3 Å². The van der Waals surface area contributed by atoms with Crippen LogP contribution in [0.4, 0.5) is 4.39 Å². The molecule has 0 radical (unpaired) electrons. The van der Waals surface area contributed by atoms with Crippen LogP contribution in [0.3, 0.4) is 0 Å². The Hall–Kier alpha value is -2.44. The van der Waals surface area contributed by atoms with Gasteiger partial charge in [0.15, 0.2) is 0 Å². The summed E-state index contributed by atoms with van der Waals surface area (Å²) in [4.78, 5) is 22.0. The van der Waals surface area contributed by atoms with Gasteiger partial charge in [0.05, 0.1) is 5.69 Å². The lowest BCUT2D eigenvalue weighted by atomic mass is 10.1. The van der Waals surface area contributed by atoms with E-state index in [1.54, 1.807) is 12.1 Å². The molecule has 2 aromatic carbocycles. The third kappa shape index (κ3) is 4.46. The molecule has 2 heterocycles. The molecular formula is C21H20FN3OS. The Balaban J connectivity index is 1.64. The van der Waals surface area contributed by atoms with Crippen LogP contribution in [-0.2, 0) is 6.54 Å². The second-order valence-electron chi connectivity index (χ2n) is 6.58. The lowest BCUT2D eigenvalue weighted by molar-refractivity contribution is 0.294. The van der Waals surface area contributed by atoms with E-state index >= 15 is 0 Å². The molecule has 1 saturated heterocycles. The molecule has 1 aliphatic heterocycles. The summed E-state index contributed by atoms with van der Waals surface area (Å²) in [5.74, 6) is 2.56. The first-order chi connectivity index (χ1) is 13.2. The Morgan fingerprint density at radius 1 is 1.04 bits per heavy atom. The third-order valence-corrected chi connectivity index (χ3v) is 5.53. The fraction of sp³-hybridized carbons (Fsp3) is 0.238. The maximum Gasteiger partial charge on any atom is 0.251 e. The smallest absolute Gasteiger partial charge is 0.251 e. The molecule has 138 valence electrons. The molecule has 6 heteroatoms. The van der Waals surface area contributed by atoms with Crippen LogP contribution >= 0.6 is 11.8 Å². The first-order valence-corrected chi connectivity index (χ1v) is 10.1. The number of halogens is 1. The zero-order valence-corrected chi connectivity index (χ0v) is 15.6. The average Bonchev–Trinajstić information content (AvgIpc) is 2.69. The summed E-state index contributed by atoms with van der Waals surface area (Å²) in [6.45, 7) is 3.10. The molecule has 0 atom stereocenters. The Morgan fingerprint density at radius 3 is 2.59 bits per heavy atom. The molecule has 0 unspecified atom stereocenters. The van der Waals surface area contributed by atoms with Crippen LogP contribution in [0.5, 0.6) is 0 Å². The molecule has 0 aliphatic carbocycles. The Morgan fingerprint density at radius 2 is 1.81 bits per heavy atom. The van der Waals surface area contributed by atoms with Crippen molar-refractivity contribution in [2.24, 2.45) is 0 Å². The van der Waals surface area contributed by atoms with E-state index in [2.05, 4.69) is 27.0 Å². The molecule has 1 aliphatic rings. The van der Waals surface area contributed by atoms with Crippen molar-refractivity contribution >= 4 is 11.8 Å². The number of rotatable bonds is 4. The summed E-state index contributed by atoms with van der Waals surface area (Å²) in [7, 11) is 0. The zero-order chi connectivity index (χ0) is 18.6. The minimum absolute atomic E-state index is 0.224. The number of thioether (sulfide) groups is 1. The van der Waals surface area contributed by atoms with E-state index in [1.165, 1.54) is 35.3 Å². The maximum atomic E-state index is 13.2. The minimum Gasteiger partial charge on any atom is -0.306 e. The molecule has 0 saturated carbocycles. The highest BCUT2D eigenvalue weighted by atomic mass is 32.2. The van der Waals surface area contributed by atoms with E-state index in [0.717, 1.165) is 25.2 Å². The predicted octanol–water partition coefficient (Wildman–Crippen LogP) is 3.79. The quantitative estimate of drug-likeness (QED) is 0.747. The molecular weight excluding hydrogens is 361 g/mol. The highest BCUT2D eigenvalue weighted by molar-refractivity contribution is 7.99. The van der Waals surface area contributed by atoms with E-state index in [4.69, 9.17) is 0 Å². The molecule has 1 fully saturated rings. The SMILES string of the molecule is O=c1cc(-c2ccc(F)cc2)nc(-c2cccc(CN3CCSCC3)c2)[nH]1. The predicted molar refractivity (Wildman–Crippen MR) is 108 cm³/mol. The van der Waals surface area contributed by atoms with E-state index in [9.17, 15) is 9.18 Å². The lowest BCUT2D eigenvalue weighted by Crippen LogP contribution is -2.31. The zero-order valence-electron chi connectivity index (χ0n) is 14.8. The normalized spacial score (nSPS) is 15.0. The molecule has 1 N–H and O–H groups in total. The van der Waals surface area contributed by atoms with Gasteiger partial charge in [-0.2, -0.15) is 11.8 Å². The number of benzene rings is 2. The Bertz CT molecular complexity index is 981. The van der Waals surface area contributed by atoms with E-state index in [1.807, 2.05) is 23.9 Å². The second-order valence-corrected chi connectivity index (χ2v) is 7.80. The summed E-state index contributed by atoms with van der Waals surface area (Å²) in [6.07, 6.45) is 0. The average molecular weight is 381 g/mol. The van der Waals surface area contributed by atoms with Crippen LogP contribution in [0, 0.1) is 5.82 Å². The Labute approximate surface area is 161 Å². The summed E-state index contributed by atoms with van der Waals surface area (Å²) in [5, 5.41) is 0. The Kier molecular flexibility index (Phi) is 5.36. The monoisotopic (exact) mass is 381 g/mol. The number of hydrogen-bond donors (Lipinski definition) is 1. The fourth-order valence-corrected chi connectivity index (χ4v) is 4.18. The van der Waals surface area contributed by atoms with Gasteiger partial charge in [0.1, 0.15) is 11.6 Å². The van der Waals surface area contributed by atoms with Gasteiger partial charge < -0.3 is 4.98 Å². The van der Waals surface area contributed by atoms with Crippen molar-refractivity contribution in [3.8, 4) is 22.6 Å². The van der Waals surface area contributed by atoms with E-state index in [0.29, 0.717) is 17.1 Å². The minimum atomic E-state index is -0.312. The van der Waals surface area contributed by atoms with Gasteiger partial charge in [0.2, 0.25) is 0 Å². The number of H-pyrrole nitrogens is 1. The third-order valence-electron chi connectivity index (χ3n) is 4.59. The largest absolute Gasteiger partial charge is 0.306 e. The first kappa shape index (κ1) is 17.9. The highest BCUT2D eigenvalue weighted by Crippen LogP contribution is 2.22. The van der Waals surface area contributed by atoms with Gasteiger partial charge in [-0.15, -0.1) is 0 Å². The van der Waals surface area contributed by atoms with Crippen LogP contribution in [0.2, 0.25) is 0 Å². The van der Waals surface area contributed by atoms with E-state index < -0.39 is 0 Å². The van der Waals surface area contributed by atoms with Crippen LogP contribution in [0.15, 0.2) is 59.4 Å². The van der Waals surface area contributed by atoms with Gasteiger partial charge in [0.25, 0.3) is 5.56 Å². The van der Waals surface area contributed by atoms with Crippen molar-refractivity contribution in [1.29, 1.82) is 0 Å². The standard InChI is InChI=1S/C21H20FN3OS/c22-18-6-4-16(5-7-18)19-13-20(26)24-21(23-19)17-3-1-2-15(12-17)14-25-8-10-27-11-9-25/h1-7,12-13H,8-11,14H2,(H,23,24,26). The van der Waals surface area contributed by atoms with Crippen molar-refractivity contribution in [1.82, 2.24) is 14.9 Å². The molecule has 4 nitrogen and oxygen atoms in total. The van der Waals surface area contributed by atoms with Crippen molar-refractivity contribution in [3.63, 3.8) is 0 Å². The van der Waals surface area contributed by atoms with Gasteiger partial charge in [-0.05, 0) is 35.9 Å². The van der Waals surface area contributed by atoms with Gasteiger partial charge >= 0.3 is 0 Å². The number of aromatic amines is 1. The fourth-order valence-electron chi connectivity index (χ4n) is 3.20. The first-order valence-electron chi connectivity index (χ1n) is 8.94. The maximum absolute atomic E-state index is 13.2.